The van der Waals surface area contributed by atoms with Crippen LogP contribution in [0.1, 0.15) is 17.9 Å². The first kappa shape index (κ1) is 11.6. The van der Waals surface area contributed by atoms with Gasteiger partial charge in [0, 0.05) is 13.1 Å². The van der Waals surface area contributed by atoms with Gasteiger partial charge >= 0.3 is 0 Å². The quantitative estimate of drug-likeness (QED) is 0.828. The molecular weight excluding hydrogens is 204 g/mol. The van der Waals surface area contributed by atoms with E-state index >= 15 is 0 Å². The van der Waals surface area contributed by atoms with Crippen molar-refractivity contribution in [2.24, 2.45) is 0 Å². The second-order valence-corrected chi connectivity index (χ2v) is 4.46. The molecule has 90 valence electrons. The number of hydrogen-bond acceptors (Lipinski definition) is 4. The van der Waals surface area contributed by atoms with E-state index in [0.717, 1.165) is 31.9 Å². The van der Waals surface area contributed by atoms with Gasteiger partial charge < -0.3 is 14.4 Å². The molecule has 1 aromatic heterocycles. The number of aliphatic hydroxyl groups is 1. The largest absolute Gasteiger partial charge is 0.462 e. The van der Waals surface area contributed by atoms with Crippen LogP contribution in [0.5, 0.6) is 0 Å². The highest BCUT2D eigenvalue weighted by atomic mass is 16.4. The van der Waals surface area contributed by atoms with E-state index in [1.165, 1.54) is 13.0 Å². The second-order valence-electron chi connectivity index (χ2n) is 4.46. The maximum absolute atomic E-state index is 8.92. The van der Waals surface area contributed by atoms with Crippen LogP contribution in [0.15, 0.2) is 16.5 Å². The SMILES string of the molecule is CN1CCCN(Cc2ccc(CO)o2)CC1. The Bertz CT molecular complexity index is 325. The summed E-state index contributed by atoms with van der Waals surface area (Å²) in [5.41, 5.74) is 0. The molecule has 2 heterocycles. The Morgan fingerprint density at radius 3 is 2.75 bits per heavy atom. The van der Waals surface area contributed by atoms with E-state index < -0.39 is 0 Å². The molecule has 0 amide bonds. The highest BCUT2D eigenvalue weighted by Gasteiger charge is 2.13. The monoisotopic (exact) mass is 224 g/mol. The Balaban J connectivity index is 1.88. The number of nitrogens with zero attached hydrogens (tertiary/aromatic N) is 2. The Labute approximate surface area is 96.5 Å². The van der Waals surface area contributed by atoms with Gasteiger partial charge in [-0.05, 0) is 38.7 Å². The van der Waals surface area contributed by atoms with Gasteiger partial charge in [0.2, 0.25) is 0 Å². The minimum atomic E-state index is -0.0112. The van der Waals surface area contributed by atoms with E-state index in [1.807, 2.05) is 12.1 Å². The first-order valence-electron chi connectivity index (χ1n) is 5.87. The van der Waals surface area contributed by atoms with Crippen LogP contribution in [0.4, 0.5) is 0 Å². The summed E-state index contributed by atoms with van der Waals surface area (Å²) >= 11 is 0. The summed E-state index contributed by atoms with van der Waals surface area (Å²) in [5.74, 6) is 1.61. The minimum Gasteiger partial charge on any atom is -0.462 e. The zero-order valence-electron chi connectivity index (χ0n) is 9.85. The lowest BCUT2D eigenvalue weighted by atomic mass is 10.3. The van der Waals surface area contributed by atoms with Gasteiger partial charge in [-0.2, -0.15) is 0 Å². The number of furan rings is 1. The highest BCUT2D eigenvalue weighted by Crippen LogP contribution is 2.12. The first-order valence-corrected chi connectivity index (χ1v) is 5.87. The average Bonchev–Trinajstić information content (AvgIpc) is 2.63. The van der Waals surface area contributed by atoms with Gasteiger partial charge in [0.1, 0.15) is 18.1 Å². The van der Waals surface area contributed by atoms with Crippen molar-refractivity contribution in [3.05, 3.63) is 23.7 Å². The van der Waals surface area contributed by atoms with Gasteiger partial charge in [-0.1, -0.05) is 0 Å². The van der Waals surface area contributed by atoms with Crippen LogP contribution in [0.25, 0.3) is 0 Å². The Morgan fingerprint density at radius 1 is 1.19 bits per heavy atom. The molecule has 2 rings (SSSR count). The third kappa shape index (κ3) is 3.07. The van der Waals surface area contributed by atoms with Gasteiger partial charge in [-0.3, -0.25) is 4.90 Å². The number of aliphatic hydroxyl groups excluding tert-OH is 1. The van der Waals surface area contributed by atoms with Crippen LogP contribution in [0, 0.1) is 0 Å². The fraction of sp³-hybridized carbons (Fsp3) is 0.667. The summed E-state index contributed by atoms with van der Waals surface area (Å²) in [6.45, 7) is 5.35. The van der Waals surface area contributed by atoms with E-state index in [0.29, 0.717) is 5.76 Å². The van der Waals surface area contributed by atoms with Crippen molar-refractivity contribution in [3.8, 4) is 0 Å². The lowest BCUT2D eigenvalue weighted by Gasteiger charge is -2.18. The summed E-state index contributed by atoms with van der Waals surface area (Å²) in [4.78, 5) is 4.77. The molecule has 0 aromatic carbocycles. The van der Waals surface area contributed by atoms with Crippen molar-refractivity contribution in [2.75, 3.05) is 33.2 Å². The molecular formula is C12H20N2O2. The van der Waals surface area contributed by atoms with Gasteiger partial charge in [-0.15, -0.1) is 0 Å². The fourth-order valence-electron chi connectivity index (χ4n) is 2.07. The van der Waals surface area contributed by atoms with Crippen molar-refractivity contribution in [1.82, 2.24) is 9.80 Å². The third-order valence-electron chi connectivity index (χ3n) is 3.06. The molecule has 0 saturated carbocycles. The zero-order valence-corrected chi connectivity index (χ0v) is 9.85. The van der Waals surface area contributed by atoms with Crippen molar-refractivity contribution in [3.63, 3.8) is 0 Å². The smallest absolute Gasteiger partial charge is 0.129 e. The first-order chi connectivity index (χ1) is 7.78. The summed E-state index contributed by atoms with van der Waals surface area (Å²) < 4.78 is 5.50. The van der Waals surface area contributed by atoms with Crippen molar-refractivity contribution in [2.45, 2.75) is 19.6 Å². The van der Waals surface area contributed by atoms with Gasteiger partial charge in [0.15, 0.2) is 0 Å². The predicted molar refractivity (Wildman–Crippen MR) is 62.0 cm³/mol. The maximum Gasteiger partial charge on any atom is 0.129 e. The third-order valence-corrected chi connectivity index (χ3v) is 3.06. The molecule has 1 saturated heterocycles. The molecule has 1 aliphatic heterocycles. The van der Waals surface area contributed by atoms with Crippen molar-refractivity contribution in [1.29, 1.82) is 0 Å². The highest BCUT2D eigenvalue weighted by molar-refractivity contribution is 5.06. The van der Waals surface area contributed by atoms with Crippen LogP contribution < -0.4 is 0 Å². The molecule has 4 heteroatoms. The lowest BCUT2D eigenvalue weighted by molar-refractivity contribution is 0.221. The maximum atomic E-state index is 8.92. The predicted octanol–water partition coefficient (Wildman–Crippen LogP) is 0.909. The fourth-order valence-corrected chi connectivity index (χ4v) is 2.07. The van der Waals surface area contributed by atoms with E-state index in [-0.39, 0.29) is 6.61 Å². The molecule has 1 aromatic rings. The lowest BCUT2D eigenvalue weighted by Crippen LogP contribution is -2.28. The van der Waals surface area contributed by atoms with Crippen molar-refractivity contribution >= 4 is 0 Å². The van der Waals surface area contributed by atoms with Crippen LogP contribution in [-0.2, 0) is 13.2 Å². The molecule has 0 spiro atoms. The average molecular weight is 224 g/mol. The van der Waals surface area contributed by atoms with Crippen LogP contribution >= 0.6 is 0 Å². The van der Waals surface area contributed by atoms with Gasteiger partial charge in [-0.25, -0.2) is 0 Å². The molecule has 16 heavy (non-hydrogen) atoms. The van der Waals surface area contributed by atoms with E-state index in [1.54, 1.807) is 0 Å². The number of rotatable bonds is 3. The standard InChI is InChI=1S/C12H20N2O2/c1-13-5-2-6-14(8-7-13)9-11-3-4-12(10-15)16-11/h3-4,15H,2,5-10H2,1H3. The molecule has 1 fully saturated rings. The van der Waals surface area contributed by atoms with E-state index in [9.17, 15) is 0 Å². The molecule has 0 unspecified atom stereocenters. The van der Waals surface area contributed by atoms with Gasteiger partial charge in [0.25, 0.3) is 0 Å². The normalized spacial score (nSPS) is 19.9. The molecule has 0 bridgehead atoms. The van der Waals surface area contributed by atoms with Crippen LogP contribution in [0.2, 0.25) is 0 Å². The van der Waals surface area contributed by atoms with E-state index in [2.05, 4.69) is 16.8 Å². The second kappa shape index (κ2) is 5.48. The van der Waals surface area contributed by atoms with Gasteiger partial charge in [0.05, 0.1) is 6.54 Å². The molecule has 0 aliphatic carbocycles. The Hall–Kier alpha value is -0.840. The summed E-state index contributed by atoms with van der Waals surface area (Å²) in [6.07, 6.45) is 1.21. The number of likely N-dealkylation sites (N-methyl/N-ethyl adjacent to an activating group) is 1. The summed E-state index contributed by atoms with van der Waals surface area (Å²) in [5, 5.41) is 8.92. The Kier molecular flexibility index (Phi) is 3.98. The van der Waals surface area contributed by atoms with Crippen LogP contribution in [0.3, 0.4) is 0 Å². The zero-order chi connectivity index (χ0) is 11.4. The molecule has 0 radical (unpaired) electrons. The Morgan fingerprint density at radius 2 is 2.00 bits per heavy atom. The number of hydrogen-bond donors (Lipinski definition) is 1. The van der Waals surface area contributed by atoms with Crippen molar-refractivity contribution < 1.29 is 9.52 Å². The molecule has 0 atom stereocenters. The topological polar surface area (TPSA) is 39.9 Å². The summed E-state index contributed by atoms with van der Waals surface area (Å²) in [6, 6.07) is 3.80. The minimum absolute atomic E-state index is 0.0112. The molecule has 1 aliphatic rings. The van der Waals surface area contributed by atoms with E-state index in [4.69, 9.17) is 9.52 Å². The van der Waals surface area contributed by atoms with Crippen LogP contribution in [-0.4, -0.2) is 48.1 Å². The summed E-state index contributed by atoms with van der Waals surface area (Å²) in [7, 11) is 2.17. The molecule has 4 nitrogen and oxygen atoms in total. The molecule has 1 N–H and O–H groups in total.